The van der Waals surface area contributed by atoms with Crippen molar-refractivity contribution in [1.82, 2.24) is 16.2 Å². The normalized spacial score (nSPS) is 19.2. The van der Waals surface area contributed by atoms with E-state index >= 15 is 0 Å². The minimum Gasteiger partial charge on any atom is -0.368 e. The summed E-state index contributed by atoms with van der Waals surface area (Å²) in [5, 5.41) is 8.71. The van der Waals surface area contributed by atoms with Crippen molar-refractivity contribution in [2.45, 2.75) is 30.4 Å². The zero-order chi connectivity index (χ0) is 20.3. The maximum Gasteiger partial charge on any atom is 0.318 e. The lowest BCUT2D eigenvalue weighted by Gasteiger charge is -2.17. The van der Waals surface area contributed by atoms with Gasteiger partial charge in [0.15, 0.2) is 9.84 Å². The fourth-order valence-corrected chi connectivity index (χ4v) is 3.73. The van der Waals surface area contributed by atoms with E-state index in [0.717, 1.165) is 28.9 Å². The van der Waals surface area contributed by atoms with Crippen LogP contribution in [0.25, 0.3) is 0 Å². The highest BCUT2D eigenvalue weighted by Crippen LogP contribution is 2.26. The van der Waals surface area contributed by atoms with Gasteiger partial charge in [-0.3, -0.25) is 0 Å². The number of benzene rings is 2. The smallest absolute Gasteiger partial charge is 0.318 e. The maximum absolute atomic E-state index is 11.6. The molecule has 1 fully saturated rings. The Morgan fingerprint density at radius 3 is 2.43 bits per heavy atom. The summed E-state index contributed by atoms with van der Waals surface area (Å²) in [4.78, 5) is 11.7. The molecule has 3 rings (SSSR count). The Hall–Kier alpha value is -2.62. The molecule has 1 saturated heterocycles. The van der Waals surface area contributed by atoms with Gasteiger partial charge in [0.05, 0.1) is 11.1 Å². The molecule has 1 aliphatic rings. The van der Waals surface area contributed by atoms with Crippen LogP contribution in [0.4, 0.5) is 16.2 Å². The highest BCUT2D eigenvalue weighted by molar-refractivity contribution is 7.90. The molecule has 0 radical (unpaired) electrons. The second-order valence-corrected chi connectivity index (χ2v) is 8.86. The SMILES string of the molecule is CNC(=O)Nc1ccc(NC2CC(c3ccc(S(C)(=O)=O)cc3)NN2)c(C)c1. The second-order valence-electron chi connectivity index (χ2n) is 6.85. The third-order valence-corrected chi connectivity index (χ3v) is 5.78. The molecule has 2 amide bonds. The first kappa shape index (κ1) is 20.1. The molecule has 2 atom stereocenters. The van der Waals surface area contributed by atoms with Crippen LogP contribution >= 0.6 is 0 Å². The Bertz CT molecular complexity index is 960. The molecule has 0 bridgehead atoms. The van der Waals surface area contributed by atoms with E-state index in [0.29, 0.717) is 4.90 Å². The Kier molecular flexibility index (Phi) is 5.87. The highest BCUT2D eigenvalue weighted by atomic mass is 32.2. The first-order valence-electron chi connectivity index (χ1n) is 8.93. The van der Waals surface area contributed by atoms with Crippen molar-refractivity contribution < 1.29 is 13.2 Å². The minimum absolute atomic E-state index is 0.0102. The molecule has 150 valence electrons. The molecule has 1 heterocycles. The Labute approximate surface area is 165 Å². The van der Waals surface area contributed by atoms with Gasteiger partial charge >= 0.3 is 6.03 Å². The van der Waals surface area contributed by atoms with E-state index in [4.69, 9.17) is 0 Å². The van der Waals surface area contributed by atoms with Crippen molar-refractivity contribution in [3.63, 3.8) is 0 Å². The van der Waals surface area contributed by atoms with E-state index in [-0.39, 0.29) is 18.2 Å². The van der Waals surface area contributed by atoms with Crippen LogP contribution in [-0.2, 0) is 9.84 Å². The van der Waals surface area contributed by atoms with Crippen LogP contribution in [0.5, 0.6) is 0 Å². The van der Waals surface area contributed by atoms with Crippen molar-refractivity contribution in [2.75, 3.05) is 23.9 Å². The van der Waals surface area contributed by atoms with Crippen LogP contribution in [0.3, 0.4) is 0 Å². The number of rotatable bonds is 5. The summed E-state index contributed by atoms with van der Waals surface area (Å²) < 4.78 is 23.2. The molecule has 28 heavy (non-hydrogen) atoms. The Morgan fingerprint density at radius 2 is 1.82 bits per heavy atom. The Morgan fingerprint density at radius 1 is 1.11 bits per heavy atom. The maximum atomic E-state index is 11.6. The molecular weight excluding hydrogens is 378 g/mol. The Balaban J connectivity index is 1.62. The molecule has 0 aliphatic carbocycles. The number of nitrogens with one attached hydrogen (secondary N) is 5. The summed E-state index contributed by atoms with van der Waals surface area (Å²) in [6.45, 7) is 1.97. The zero-order valence-electron chi connectivity index (χ0n) is 16.0. The number of carbonyl (C=O) groups excluding carboxylic acids is 1. The van der Waals surface area contributed by atoms with Gasteiger partial charge in [-0.15, -0.1) is 0 Å². The van der Waals surface area contributed by atoms with Gasteiger partial charge in [0.1, 0.15) is 0 Å². The summed E-state index contributed by atoms with van der Waals surface area (Å²) in [6.07, 6.45) is 2.00. The van der Waals surface area contributed by atoms with Gasteiger partial charge < -0.3 is 16.0 Å². The van der Waals surface area contributed by atoms with Crippen molar-refractivity contribution in [1.29, 1.82) is 0 Å². The van der Waals surface area contributed by atoms with Crippen LogP contribution in [0.1, 0.15) is 23.6 Å². The molecule has 0 aromatic heterocycles. The molecule has 1 aliphatic heterocycles. The third-order valence-electron chi connectivity index (χ3n) is 4.65. The van der Waals surface area contributed by atoms with E-state index in [1.54, 1.807) is 19.2 Å². The average molecular weight is 404 g/mol. The number of hydrazine groups is 1. The lowest BCUT2D eigenvalue weighted by atomic mass is 10.0. The average Bonchev–Trinajstić information content (AvgIpc) is 3.12. The van der Waals surface area contributed by atoms with Gasteiger partial charge in [0.25, 0.3) is 0 Å². The van der Waals surface area contributed by atoms with Crippen LogP contribution < -0.4 is 26.8 Å². The van der Waals surface area contributed by atoms with Gasteiger partial charge in [0, 0.05) is 37.1 Å². The third kappa shape index (κ3) is 4.80. The van der Waals surface area contributed by atoms with Crippen molar-refractivity contribution in [2.24, 2.45) is 0 Å². The van der Waals surface area contributed by atoms with Crippen LogP contribution in [-0.4, -0.2) is 33.9 Å². The van der Waals surface area contributed by atoms with Gasteiger partial charge in [-0.1, -0.05) is 12.1 Å². The summed E-state index contributed by atoms with van der Waals surface area (Å²) in [6, 6.07) is 12.4. The predicted octanol–water partition coefficient (Wildman–Crippen LogP) is 2.13. The number of carbonyl (C=O) groups is 1. The molecule has 2 aromatic carbocycles. The molecule has 0 saturated carbocycles. The van der Waals surface area contributed by atoms with Crippen molar-refractivity contribution >= 4 is 27.2 Å². The lowest BCUT2D eigenvalue weighted by molar-refractivity contribution is 0.254. The number of anilines is 2. The van der Waals surface area contributed by atoms with E-state index in [9.17, 15) is 13.2 Å². The molecule has 2 unspecified atom stereocenters. The standard InChI is InChI=1S/C19H25N5O3S/c1-12-10-14(21-19(25)20-2)6-9-16(12)22-18-11-17(23-24-18)13-4-7-15(8-5-13)28(3,26)27/h4-10,17-18,22-24H,11H2,1-3H3,(H2,20,21,25). The van der Waals surface area contributed by atoms with Gasteiger partial charge in [0.2, 0.25) is 0 Å². The number of sulfone groups is 1. The number of urea groups is 1. The molecule has 2 aromatic rings. The van der Waals surface area contributed by atoms with Gasteiger partial charge in [-0.25, -0.2) is 24.1 Å². The van der Waals surface area contributed by atoms with E-state index in [1.807, 2.05) is 37.3 Å². The lowest BCUT2D eigenvalue weighted by Crippen LogP contribution is -2.36. The van der Waals surface area contributed by atoms with E-state index < -0.39 is 9.84 Å². The number of hydrogen-bond donors (Lipinski definition) is 5. The first-order chi connectivity index (χ1) is 13.3. The van der Waals surface area contributed by atoms with Gasteiger partial charge in [-0.05, 0) is 48.4 Å². The monoisotopic (exact) mass is 403 g/mol. The van der Waals surface area contributed by atoms with Crippen molar-refractivity contribution in [3.8, 4) is 0 Å². The fourth-order valence-electron chi connectivity index (χ4n) is 3.10. The minimum atomic E-state index is -3.19. The topological polar surface area (TPSA) is 111 Å². The molecule has 9 heteroatoms. The predicted molar refractivity (Wildman–Crippen MR) is 110 cm³/mol. The summed E-state index contributed by atoms with van der Waals surface area (Å²) >= 11 is 0. The highest BCUT2D eigenvalue weighted by Gasteiger charge is 2.25. The largest absolute Gasteiger partial charge is 0.368 e. The van der Waals surface area contributed by atoms with E-state index in [2.05, 4.69) is 26.8 Å². The molecule has 5 N–H and O–H groups in total. The van der Waals surface area contributed by atoms with Crippen LogP contribution in [0, 0.1) is 6.92 Å². The second kappa shape index (κ2) is 8.17. The quantitative estimate of drug-likeness (QED) is 0.523. The molecule has 8 nitrogen and oxygen atoms in total. The first-order valence-corrected chi connectivity index (χ1v) is 10.8. The zero-order valence-corrected chi connectivity index (χ0v) is 16.9. The summed E-state index contributed by atoms with van der Waals surface area (Å²) in [7, 11) is -1.62. The molecule has 0 spiro atoms. The summed E-state index contributed by atoms with van der Waals surface area (Å²) in [5.41, 5.74) is 10.2. The van der Waals surface area contributed by atoms with Crippen LogP contribution in [0.15, 0.2) is 47.4 Å². The van der Waals surface area contributed by atoms with Crippen molar-refractivity contribution in [3.05, 3.63) is 53.6 Å². The number of amides is 2. The fraction of sp³-hybridized carbons (Fsp3) is 0.316. The van der Waals surface area contributed by atoms with Crippen LogP contribution in [0.2, 0.25) is 0 Å². The number of aryl methyl sites for hydroxylation is 1. The number of hydrogen-bond acceptors (Lipinski definition) is 6. The van der Waals surface area contributed by atoms with Gasteiger partial charge in [-0.2, -0.15) is 0 Å². The van der Waals surface area contributed by atoms with E-state index in [1.165, 1.54) is 6.26 Å². The summed E-state index contributed by atoms with van der Waals surface area (Å²) in [5.74, 6) is 0. The molecular formula is C19H25N5O3S.